The van der Waals surface area contributed by atoms with Crippen molar-refractivity contribution in [2.75, 3.05) is 0 Å². The molecule has 1 aromatic heterocycles. The molecule has 1 nitrogen and oxygen atoms in total. The fraction of sp³-hybridized carbons (Fsp3) is 0. The first-order valence-electron chi connectivity index (χ1n) is 4.24. The van der Waals surface area contributed by atoms with E-state index in [1.165, 1.54) is 0 Å². The highest BCUT2D eigenvalue weighted by molar-refractivity contribution is 9.12. The second-order valence-electron chi connectivity index (χ2n) is 2.95. The molecular weight excluding hydrogens is 237 g/mol. The molecule has 2 aromatic rings. The fourth-order valence-corrected chi connectivity index (χ4v) is 1.64. The molecule has 0 saturated heterocycles. The van der Waals surface area contributed by atoms with Crippen LogP contribution < -0.4 is 0 Å². The van der Waals surface area contributed by atoms with Crippen LogP contribution in [-0.2, 0) is 0 Å². The highest BCUT2D eigenvalue weighted by Gasteiger charge is 1.97. The SMILES string of the molecule is [B]/C(Br)=C\c1ccnc2ccccc12. The number of fused-ring (bicyclic) bond motifs is 1. The van der Waals surface area contributed by atoms with Gasteiger partial charge in [0.25, 0.3) is 0 Å². The molecule has 3 heteroatoms. The molecule has 0 fully saturated rings. The van der Waals surface area contributed by atoms with Crippen molar-refractivity contribution in [1.82, 2.24) is 4.98 Å². The van der Waals surface area contributed by atoms with Gasteiger partial charge in [0.05, 0.1) is 5.52 Å². The molecule has 2 rings (SSSR count). The lowest BCUT2D eigenvalue weighted by Gasteiger charge is -2.00. The molecule has 0 saturated carbocycles. The van der Waals surface area contributed by atoms with Gasteiger partial charge in [-0.25, -0.2) is 0 Å². The van der Waals surface area contributed by atoms with Gasteiger partial charge in [-0.1, -0.05) is 44.6 Å². The van der Waals surface area contributed by atoms with Gasteiger partial charge in [-0.2, -0.15) is 0 Å². The summed E-state index contributed by atoms with van der Waals surface area (Å²) in [6.07, 6.45) is 3.66. The van der Waals surface area contributed by atoms with Crippen LogP contribution in [-0.4, -0.2) is 12.8 Å². The Bertz CT molecular complexity index is 484. The fourth-order valence-electron chi connectivity index (χ4n) is 1.39. The first-order valence-corrected chi connectivity index (χ1v) is 5.03. The molecule has 1 heterocycles. The molecule has 2 radical (unpaired) electrons. The third kappa shape index (κ3) is 1.88. The minimum absolute atomic E-state index is 0.619. The summed E-state index contributed by atoms with van der Waals surface area (Å²) in [7, 11) is 5.57. The summed E-state index contributed by atoms with van der Waals surface area (Å²) in [5.74, 6) is 0. The van der Waals surface area contributed by atoms with Crippen LogP contribution in [0.5, 0.6) is 0 Å². The Balaban J connectivity index is 2.71. The number of benzene rings is 1. The van der Waals surface area contributed by atoms with Crippen LogP contribution in [0.4, 0.5) is 0 Å². The predicted molar refractivity (Wildman–Crippen MR) is 64.4 cm³/mol. The lowest BCUT2D eigenvalue weighted by Crippen LogP contribution is -1.82. The third-order valence-electron chi connectivity index (χ3n) is 1.98. The van der Waals surface area contributed by atoms with E-state index in [0.717, 1.165) is 16.5 Å². The van der Waals surface area contributed by atoms with E-state index in [9.17, 15) is 0 Å². The zero-order valence-electron chi connectivity index (χ0n) is 7.44. The average Bonchev–Trinajstić information content (AvgIpc) is 2.18. The second kappa shape index (κ2) is 3.97. The zero-order chi connectivity index (χ0) is 9.97. The van der Waals surface area contributed by atoms with Crippen LogP contribution in [0.1, 0.15) is 5.56 Å². The number of pyridine rings is 1. The van der Waals surface area contributed by atoms with Gasteiger partial charge in [0, 0.05) is 11.6 Å². The van der Waals surface area contributed by atoms with Crippen LogP contribution in [0.3, 0.4) is 0 Å². The summed E-state index contributed by atoms with van der Waals surface area (Å²) in [5, 5.41) is 1.11. The molecular formula is C11H7BBrN. The molecule has 66 valence electrons. The maximum absolute atomic E-state index is 5.57. The summed E-state index contributed by atoms with van der Waals surface area (Å²) in [4.78, 5) is 4.26. The van der Waals surface area contributed by atoms with Crippen molar-refractivity contribution >= 4 is 40.8 Å². The lowest BCUT2D eigenvalue weighted by atomic mass is 10.0. The van der Waals surface area contributed by atoms with E-state index in [1.54, 1.807) is 6.20 Å². The standard InChI is InChI=1S/C11H7BBrN/c12-11(13)7-8-5-6-14-10-4-2-1-3-9(8)10/h1-7H/b11-7+. The molecule has 14 heavy (non-hydrogen) atoms. The zero-order valence-corrected chi connectivity index (χ0v) is 9.03. The molecule has 1 aromatic carbocycles. The molecule has 0 aliphatic rings. The topological polar surface area (TPSA) is 12.9 Å². The van der Waals surface area contributed by atoms with E-state index >= 15 is 0 Å². The van der Waals surface area contributed by atoms with Crippen molar-refractivity contribution in [3.8, 4) is 0 Å². The number of para-hydroxylation sites is 1. The lowest BCUT2D eigenvalue weighted by molar-refractivity contribution is 1.41. The minimum atomic E-state index is 0.619. The van der Waals surface area contributed by atoms with E-state index in [1.807, 2.05) is 36.4 Å². The Morgan fingerprint density at radius 1 is 1.29 bits per heavy atom. The van der Waals surface area contributed by atoms with Gasteiger partial charge in [0.2, 0.25) is 0 Å². The highest BCUT2D eigenvalue weighted by atomic mass is 79.9. The van der Waals surface area contributed by atoms with Gasteiger partial charge >= 0.3 is 0 Å². The molecule has 0 unspecified atom stereocenters. The van der Waals surface area contributed by atoms with Crippen LogP contribution in [0, 0.1) is 0 Å². The van der Waals surface area contributed by atoms with E-state index in [-0.39, 0.29) is 0 Å². The molecule has 0 N–H and O–H groups in total. The first kappa shape index (κ1) is 9.47. The molecule has 0 bridgehead atoms. The van der Waals surface area contributed by atoms with Crippen molar-refractivity contribution < 1.29 is 0 Å². The quantitative estimate of drug-likeness (QED) is 0.702. The number of halogens is 1. The van der Waals surface area contributed by atoms with E-state index in [2.05, 4.69) is 20.9 Å². The predicted octanol–water partition coefficient (Wildman–Crippen LogP) is 3.10. The molecule has 0 atom stereocenters. The van der Waals surface area contributed by atoms with Gasteiger partial charge in [0.1, 0.15) is 7.85 Å². The maximum Gasteiger partial charge on any atom is 0.124 e. The second-order valence-corrected chi connectivity index (χ2v) is 3.86. The van der Waals surface area contributed by atoms with Crippen LogP contribution in [0.25, 0.3) is 17.0 Å². The van der Waals surface area contributed by atoms with Crippen molar-refractivity contribution in [3.05, 3.63) is 46.5 Å². The Hall–Kier alpha value is -1.09. The summed E-state index contributed by atoms with van der Waals surface area (Å²) in [6.45, 7) is 0. The number of hydrogen-bond donors (Lipinski definition) is 0. The van der Waals surface area contributed by atoms with Crippen LogP contribution >= 0.6 is 15.9 Å². The van der Waals surface area contributed by atoms with Crippen molar-refractivity contribution in [1.29, 1.82) is 0 Å². The summed E-state index contributed by atoms with van der Waals surface area (Å²) in [5.41, 5.74) is 2.06. The normalized spacial score (nSPS) is 11.9. The van der Waals surface area contributed by atoms with Gasteiger partial charge in [0.15, 0.2) is 0 Å². The number of hydrogen-bond acceptors (Lipinski definition) is 1. The van der Waals surface area contributed by atoms with E-state index in [4.69, 9.17) is 7.85 Å². The molecule has 0 aliphatic carbocycles. The summed E-state index contributed by atoms with van der Waals surface area (Å²) < 4.78 is 0.619. The molecule has 0 amide bonds. The van der Waals surface area contributed by atoms with Crippen LogP contribution in [0.2, 0.25) is 0 Å². The van der Waals surface area contributed by atoms with E-state index < -0.39 is 0 Å². The average molecular weight is 244 g/mol. The van der Waals surface area contributed by atoms with E-state index in [0.29, 0.717) is 4.38 Å². The monoisotopic (exact) mass is 243 g/mol. The Kier molecular flexibility index (Phi) is 2.68. The third-order valence-corrected chi connectivity index (χ3v) is 2.21. The van der Waals surface area contributed by atoms with Crippen molar-refractivity contribution in [2.45, 2.75) is 0 Å². The largest absolute Gasteiger partial charge is 0.256 e. The highest BCUT2D eigenvalue weighted by Crippen LogP contribution is 2.19. The Morgan fingerprint density at radius 2 is 2.07 bits per heavy atom. The van der Waals surface area contributed by atoms with Crippen molar-refractivity contribution in [2.24, 2.45) is 0 Å². The van der Waals surface area contributed by atoms with Gasteiger partial charge < -0.3 is 0 Å². The smallest absolute Gasteiger partial charge is 0.124 e. The van der Waals surface area contributed by atoms with Gasteiger partial charge in [-0.15, -0.1) is 0 Å². The molecule has 0 aliphatic heterocycles. The minimum Gasteiger partial charge on any atom is -0.256 e. The number of aromatic nitrogens is 1. The Morgan fingerprint density at radius 3 is 2.86 bits per heavy atom. The van der Waals surface area contributed by atoms with Gasteiger partial charge in [-0.3, -0.25) is 4.98 Å². The molecule has 0 spiro atoms. The summed E-state index contributed by atoms with van der Waals surface area (Å²) >= 11 is 3.22. The number of rotatable bonds is 1. The maximum atomic E-state index is 5.57. The number of nitrogens with zero attached hydrogens (tertiary/aromatic N) is 1. The first-order chi connectivity index (χ1) is 6.77. The van der Waals surface area contributed by atoms with Crippen molar-refractivity contribution in [3.63, 3.8) is 0 Å². The van der Waals surface area contributed by atoms with Gasteiger partial charge in [-0.05, 0) is 17.7 Å². The Labute approximate surface area is 92.4 Å². The summed E-state index contributed by atoms with van der Waals surface area (Å²) in [6, 6.07) is 9.92. The van der Waals surface area contributed by atoms with Crippen LogP contribution in [0.15, 0.2) is 40.9 Å².